The van der Waals surface area contributed by atoms with Gasteiger partial charge < -0.3 is 0 Å². The first-order valence-electron chi connectivity index (χ1n) is 16.0. The van der Waals surface area contributed by atoms with Crippen LogP contribution in [-0.4, -0.2) is 0 Å². The lowest BCUT2D eigenvalue weighted by atomic mass is 9.52. The smallest absolute Gasteiger partial charge is 0.0170 e. The van der Waals surface area contributed by atoms with Crippen LogP contribution in [-0.2, 0) is 0 Å². The predicted octanol–water partition coefficient (Wildman–Crippen LogP) is 11.6. The first kappa shape index (κ1) is 26.3. The van der Waals surface area contributed by atoms with Crippen molar-refractivity contribution in [2.45, 2.75) is 64.2 Å². The Morgan fingerprint density at radius 3 is 1.66 bits per heavy atom. The van der Waals surface area contributed by atoms with Crippen molar-refractivity contribution in [2.75, 3.05) is 0 Å². The van der Waals surface area contributed by atoms with Gasteiger partial charge in [0.2, 0.25) is 0 Å². The summed E-state index contributed by atoms with van der Waals surface area (Å²) in [6.45, 7) is 2.38. The van der Waals surface area contributed by atoms with E-state index in [-0.39, 0.29) is 5.41 Å². The van der Waals surface area contributed by atoms with E-state index in [9.17, 15) is 0 Å². The lowest BCUT2D eigenvalue weighted by Gasteiger charge is -2.51. The summed E-state index contributed by atoms with van der Waals surface area (Å²) in [6, 6.07) is 36.7. The Balaban J connectivity index is 1.48. The van der Waals surface area contributed by atoms with Crippen LogP contribution in [0.4, 0.5) is 0 Å². The van der Waals surface area contributed by atoms with Crippen molar-refractivity contribution >= 4 is 0 Å². The fourth-order valence-corrected chi connectivity index (χ4v) is 8.59. The molecule has 0 nitrogen and oxygen atoms in total. The number of benzene rings is 4. The molecule has 0 aromatic heterocycles. The van der Waals surface area contributed by atoms with Crippen molar-refractivity contribution < 1.29 is 0 Å². The van der Waals surface area contributed by atoms with Crippen molar-refractivity contribution in [3.63, 3.8) is 0 Å². The van der Waals surface area contributed by atoms with Crippen molar-refractivity contribution in [3.8, 4) is 33.4 Å². The maximum atomic E-state index is 2.57. The predicted molar refractivity (Wildman–Crippen MR) is 175 cm³/mol. The Morgan fingerprint density at radius 2 is 1.15 bits per heavy atom. The third-order valence-electron chi connectivity index (χ3n) is 10.5. The molecule has 0 amide bonds. The maximum absolute atomic E-state index is 2.57. The molecule has 4 aromatic carbocycles. The highest BCUT2D eigenvalue weighted by Gasteiger charge is 2.53. The molecule has 206 valence electrons. The van der Waals surface area contributed by atoms with Gasteiger partial charge >= 0.3 is 0 Å². The van der Waals surface area contributed by atoms with Gasteiger partial charge in [0.1, 0.15) is 0 Å². The van der Waals surface area contributed by atoms with Gasteiger partial charge in [-0.25, -0.2) is 0 Å². The van der Waals surface area contributed by atoms with E-state index in [2.05, 4.69) is 128 Å². The van der Waals surface area contributed by atoms with E-state index in [4.69, 9.17) is 0 Å². The van der Waals surface area contributed by atoms with Crippen LogP contribution >= 0.6 is 0 Å². The van der Waals surface area contributed by atoms with Crippen LogP contribution in [0.25, 0.3) is 33.4 Å². The zero-order chi connectivity index (χ0) is 27.6. The third-order valence-corrected chi connectivity index (χ3v) is 10.5. The maximum Gasteiger partial charge on any atom is 0.0170 e. The molecule has 0 bridgehead atoms. The molecule has 0 heteroatoms. The number of fused-ring (bicyclic) bond motifs is 3. The molecule has 0 aliphatic heterocycles. The normalized spacial score (nSPS) is 18.4. The second kappa shape index (κ2) is 11.3. The van der Waals surface area contributed by atoms with Crippen LogP contribution in [0.2, 0.25) is 0 Å². The molecule has 0 heterocycles. The van der Waals surface area contributed by atoms with E-state index in [0.717, 1.165) is 5.92 Å². The van der Waals surface area contributed by atoms with Gasteiger partial charge in [0, 0.05) is 11.8 Å². The molecular weight excluding hydrogens is 492 g/mol. The third kappa shape index (κ3) is 4.62. The molecule has 41 heavy (non-hydrogen) atoms. The second-order valence-corrected chi connectivity index (χ2v) is 12.6. The summed E-state index contributed by atoms with van der Waals surface area (Å²) in [6.07, 6.45) is 20.4. The number of unbranched alkanes of at least 4 members (excludes halogenated alkanes) is 1. The summed E-state index contributed by atoms with van der Waals surface area (Å²) in [4.78, 5) is 0. The van der Waals surface area contributed by atoms with Crippen LogP contribution in [0.5, 0.6) is 0 Å². The van der Waals surface area contributed by atoms with Gasteiger partial charge in [-0.3, -0.25) is 0 Å². The molecule has 1 unspecified atom stereocenters. The molecule has 4 aromatic rings. The monoisotopic (exact) mass is 534 g/mol. The number of hydrogen-bond donors (Lipinski definition) is 0. The minimum absolute atomic E-state index is 0.171. The fraction of sp³-hybridized carbons (Fsp3) is 0.317. The average Bonchev–Trinajstić information content (AvgIpc) is 3.70. The Labute approximate surface area is 246 Å². The van der Waals surface area contributed by atoms with E-state index >= 15 is 0 Å². The average molecular weight is 535 g/mol. The zero-order valence-electron chi connectivity index (χ0n) is 24.4. The standard InChI is InChI=1S/C41H42/c1-2-3-27-41(35-21-13-14-22-35,34-19-11-6-12-20-34)40-38-28-32(30-15-7-4-8-16-30)23-25-36(38)37-26-24-33(29-39(37)40)31-17-9-5-10-18-31/h4-5,7-10,13-18,21-26,28-29,34-35,40H,2-3,6,11-12,19-20,27H2,1H3. The Hall–Kier alpha value is -3.64. The zero-order valence-corrected chi connectivity index (χ0v) is 24.4. The highest BCUT2D eigenvalue weighted by molar-refractivity contribution is 5.85. The SMILES string of the molecule is CCCCC(C1C=CC=C1)(C1CCCCC1)C1c2cc(-c3ccccc3)ccc2-c2ccc(-c3ccccc3)cc21. The molecule has 0 saturated heterocycles. The van der Waals surface area contributed by atoms with Gasteiger partial charge in [0.15, 0.2) is 0 Å². The van der Waals surface area contributed by atoms with Crippen LogP contribution < -0.4 is 0 Å². The number of allylic oxidation sites excluding steroid dienone is 4. The van der Waals surface area contributed by atoms with Crippen LogP contribution in [0.15, 0.2) is 121 Å². The minimum atomic E-state index is 0.171. The molecule has 0 spiro atoms. The van der Waals surface area contributed by atoms with Crippen molar-refractivity contribution in [2.24, 2.45) is 17.3 Å². The van der Waals surface area contributed by atoms with E-state index < -0.39 is 0 Å². The van der Waals surface area contributed by atoms with Crippen molar-refractivity contribution in [3.05, 3.63) is 132 Å². The van der Waals surface area contributed by atoms with Gasteiger partial charge in [0.05, 0.1) is 0 Å². The Kier molecular flexibility index (Phi) is 7.26. The lowest BCUT2D eigenvalue weighted by Crippen LogP contribution is -2.43. The summed E-state index contributed by atoms with van der Waals surface area (Å²) in [5, 5.41) is 0. The molecule has 0 radical (unpaired) electrons. The van der Waals surface area contributed by atoms with Crippen LogP contribution in [0.3, 0.4) is 0 Å². The highest BCUT2D eigenvalue weighted by Crippen LogP contribution is 2.64. The molecule has 3 aliphatic rings. The van der Waals surface area contributed by atoms with Crippen LogP contribution in [0.1, 0.15) is 75.3 Å². The minimum Gasteiger partial charge on any atom is -0.0770 e. The molecule has 1 fully saturated rings. The van der Waals surface area contributed by atoms with E-state index in [1.165, 1.54) is 84.7 Å². The van der Waals surface area contributed by atoms with Gasteiger partial charge in [-0.15, -0.1) is 0 Å². The molecule has 1 atom stereocenters. The summed E-state index contributed by atoms with van der Waals surface area (Å²) >= 11 is 0. The fourth-order valence-electron chi connectivity index (χ4n) is 8.59. The largest absolute Gasteiger partial charge is 0.0770 e. The quantitative estimate of drug-likeness (QED) is 0.211. The van der Waals surface area contributed by atoms with Crippen molar-refractivity contribution in [1.29, 1.82) is 0 Å². The second-order valence-electron chi connectivity index (χ2n) is 12.6. The first-order chi connectivity index (χ1) is 20.3. The Morgan fingerprint density at radius 1 is 0.610 bits per heavy atom. The molecule has 0 N–H and O–H groups in total. The highest BCUT2D eigenvalue weighted by atomic mass is 14.6. The van der Waals surface area contributed by atoms with Gasteiger partial charge in [-0.2, -0.15) is 0 Å². The summed E-state index contributed by atoms with van der Waals surface area (Å²) in [5.74, 6) is 1.58. The number of rotatable bonds is 8. The number of hydrogen-bond acceptors (Lipinski definition) is 0. The van der Waals surface area contributed by atoms with Crippen molar-refractivity contribution in [1.82, 2.24) is 0 Å². The molecule has 1 saturated carbocycles. The summed E-state index contributed by atoms with van der Waals surface area (Å²) < 4.78 is 0. The van der Waals surface area contributed by atoms with Crippen LogP contribution in [0, 0.1) is 17.3 Å². The Bertz CT molecular complexity index is 1450. The molecular formula is C41H42. The van der Waals surface area contributed by atoms with Gasteiger partial charge in [-0.05, 0) is 87.2 Å². The van der Waals surface area contributed by atoms with Gasteiger partial charge in [0.25, 0.3) is 0 Å². The molecule has 7 rings (SSSR count). The summed E-state index contributed by atoms with van der Waals surface area (Å²) in [7, 11) is 0. The summed E-state index contributed by atoms with van der Waals surface area (Å²) in [5.41, 5.74) is 11.5. The lowest BCUT2D eigenvalue weighted by molar-refractivity contribution is 0.0539. The van der Waals surface area contributed by atoms with Gasteiger partial charge in [-0.1, -0.05) is 148 Å². The van der Waals surface area contributed by atoms with E-state index in [1.807, 2.05) is 0 Å². The topological polar surface area (TPSA) is 0 Å². The van der Waals surface area contributed by atoms with E-state index in [0.29, 0.717) is 11.8 Å². The molecule has 3 aliphatic carbocycles. The first-order valence-corrected chi connectivity index (χ1v) is 16.0. The van der Waals surface area contributed by atoms with E-state index in [1.54, 1.807) is 11.1 Å².